The van der Waals surface area contributed by atoms with Crippen LogP contribution in [-0.4, -0.2) is 16.3 Å². The Morgan fingerprint density at radius 1 is 1.50 bits per heavy atom. The first-order chi connectivity index (χ1) is 6.54. The van der Waals surface area contributed by atoms with Crippen molar-refractivity contribution < 1.29 is 4.79 Å². The number of thioether (sulfide) groups is 1. The third kappa shape index (κ3) is 3.30. The lowest BCUT2D eigenvalue weighted by molar-refractivity contribution is -0.121. The van der Waals surface area contributed by atoms with Gasteiger partial charge in [0, 0.05) is 6.42 Å². The number of carbonyl (C=O) groups is 1. The minimum Gasteiger partial charge on any atom is -0.298 e. The molecule has 1 nitrogen and oxygen atoms in total. The monoisotopic (exact) mass is 214 g/mol. The standard InChI is InChI=1S/C12H22OS/c1-10(2)6-4-7-11(13)12(3)8-5-9-14-12/h10H,4-9H2,1-3H3. The molecule has 1 unspecified atom stereocenters. The smallest absolute Gasteiger partial charge is 0.148 e. The van der Waals surface area contributed by atoms with E-state index in [1.54, 1.807) is 0 Å². The fraction of sp³-hybridized carbons (Fsp3) is 0.917. The van der Waals surface area contributed by atoms with Crippen LogP contribution >= 0.6 is 11.8 Å². The van der Waals surface area contributed by atoms with Crippen molar-refractivity contribution in [2.75, 3.05) is 5.75 Å². The Morgan fingerprint density at radius 2 is 2.21 bits per heavy atom. The SMILES string of the molecule is CC(C)CCCC(=O)C1(C)CCCS1. The van der Waals surface area contributed by atoms with E-state index in [0.717, 1.165) is 25.2 Å². The van der Waals surface area contributed by atoms with E-state index in [0.29, 0.717) is 5.78 Å². The topological polar surface area (TPSA) is 17.1 Å². The third-order valence-electron chi connectivity index (χ3n) is 2.99. The molecule has 0 aliphatic carbocycles. The maximum atomic E-state index is 11.9. The maximum Gasteiger partial charge on any atom is 0.148 e. The van der Waals surface area contributed by atoms with Crippen molar-refractivity contribution in [1.82, 2.24) is 0 Å². The molecule has 0 spiro atoms. The van der Waals surface area contributed by atoms with E-state index < -0.39 is 0 Å². The van der Waals surface area contributed by atoms with Gasteiger partial charge in [-0.25, -0.2) is 0 Å². The summed E-state index contributed by atoms with van der Waals surface area (Å²) in [7, 11) is 0. The van der Waals surface area contributed by atoms with Gasteiger partial charge in [-0.15, -0.1) is 11.8 Å². The van der Waals surface area contributed by atoms with E-state index in [9.17, 15) is 4.79 Å². The van der Waals surface area contributed by atoms with Gasteiger partial charge in [-0.05, 0) is 37.9 Å². The minimum atomic E-state index is -0.0308. The molecule has 0 amide bonds. The third-order valence-corrected chi connectivity index (χ3v) is 4.56. The highest BCUT2D eigenvalue weighted by Gasteiger charge is 2.35. The Labute approximate surface area is 92.0 Å². The molecule has 14 heavy (non-hydrogen) atoms. The van der Waals surface area contributed by atoms with Crippen molar-refractivity contribution in [3.8, 4) is 0 Å². The largest absolute Gasteiger partial charge is 0.298 e. The molecule has 1 aliphatic rings. The van der Waals surface area contributed by atoms with Gasteiger partial charge in [-0.2, -0.15) is 0 Å². The van der Waals surface area contributed by atoms with Gasteiger partial charge >= 0.3 is 0 Å². The molecule has 1 fully saturated rings. The van der Waals surface area contributed by atoms with Gasteiger partial charge in [0.2, 0.25) is 0 Å². The molecule has 0 aromatic carbocycles. The lowest BCUT2D eigenvalue weighted by Gasteiger charge is -2.20. The highest BCUT2D eigenvalue weighted by Crippen LogP contribution is 2.39. The minimum absolute atomic E-state index is 0.0308. The quantitative estimate of drug-likeness (QED) is 0.694. The predicted octanol–water partition coefficient (Wildman–Crippen LogP) is 3.67. The fourth-order valence-electron chi connectivity index (χ4n) is 1.93. The molecule has 0 N–H and O–H groups in total. The van der Waals surface area contributed by atoms with Crippen LogP contribution < -0.4 is 0 Å². The van der Waals surface area contributed by atoms with Crippen LogP contribution in [0.3, 0.4) is 0 Å². The molecule has 1 saturated heterocycles. The van der Waals surface area contributed by atoms with Crippen LogP contribution in [0, 0.1) is 5.92 Å². The Kier molecular flexibility index (Phi) is 4.49. The van der Waals surface area contributed by atoms with Crippen LogP contribution in [0.1, 0.15) is 52.9 Å². The van der Waals surface area contributed by atoms with Crippen molar-refractivity contribution in [2.24, 2.45) is 5.92 Å². The summed E-state index contributed by atoms with van der Waals surface area (Å²) in [6.45, 7) is 6.56. The first kappa shape index (κ1) is 12.1. The van der Waals surface area contributed by atoms with E-state index >= 15 is 0 Å². The molecule has 82 valence electrons. The average Bonchev–Trinajstić information content (AvgIpc) is 2.52. The molecule has 1 atom stereocenters. The zero-order valence-corrected chi connectivity index (χ0v) is 10.5. The molecule has 0 radical (unpaired) electrons. The van der Waals surface area contributed by atoms with Gasteiger partial charge in [0.15, 0.2) is 0 Å². The number of carbonyl (C=O) groups excluding carboxylic acids is 1. The van der Waals surface area contributed by atoms with Crippen molar-refractivity contribution in [3.63, 3.8) is 0 Å². The number of hydrogen-bond acceptors (Lipinski definition) is 2. The summed E-state index contributed by atoms with van der Waals surface area (Å²) in [5.74, 6) is 2.39. The molecule has 1 heterocycles. The van der Waals surface area contributed by atoms with Gasteiger partial charge in [0.25, 0.3) is 0 Å². The van der Waals surface area contributed by atoms with Crippen molar-refractivity contribution >= 4 is 17.5 Å². The van der Waals surface area contributed by atoms with E-state index in [1.165, 1.54) is 18.6 Å². The number of hydrogen-bond donors (Lipinski definition) is 0. The molecule has 1 rings (SSSR count). The van der Waals surface area contributed by atoms with Crippen LogP contribution in [0.5, 0.6) is 0 Å². The van der Waals surface area contributed by atoms with Crippen LogP contribution in [0.4, 0.5) is 0 Å². The van der Waals surface area contributed by atoms with Crippen molar-refractivity contribution in [3.05, 3.63) is 0 Å². The molecular weight excluding hydrogens is 192 g/mol. The average molecular weight is 214 g/mol. The molecule has 0 bridgehead atoms. The molecule has 0 aromatic rings. The second-order valence-electron chi connectivity index (χ2n) is 4.89. The van der Waals surface area contributed by atoms with Gasteiger partial charge in [-0.1, -0.05) is 20.3 Å². The van der Waals surface area contributed by atoms with Gasteiger partial charge < -0.3 is 0 Å². The normalized spacial score (nSPS) is 27.1. The highest BCUT2D eigenvalue weighted by atomic mass is 32.2. The summed E-state index contributed by atoms with van der Waals surface area (Å²) in [6.07, 6.45) is 5.37. The second kappa shape index (κ2) is 5.20. The van der Waals surface area contributed by atoms with Crippen LogP contribution in [0.15, 0.2) is 0 Å². The van der Waals surface area contributed by atoms with Crippen molar-refractivity contribution in [1.29, 1.82) is 0 Å². The summed E-state index contributed by atoms with van der Waals surface area (Å²) in [4.78, 5) is 11.9. The van der Waals surface area contributed by atoms with Gasteiger partial charge in [0.05, 0.1) is 4.75 Å². The molecular formula is C12H22OS. The summed E-state index contributed by atoms with van der Waals surface area (Å²) in [6, 6.07) is 0. The maximum absolute atomic E-state index is 11.9. The summed E-state index contributed by atoms with van der Waals surface area (Å²) in [5.41, 5.74) is 0. The van der Waals surface area contributed by atoms with E-state index in [1.807, 2.05) is 11.8 Å². The van der Waals surface area contributed by atoms with Crippen LogP contribution in [0.2, 0.25) is 0 Å². The first-order valence-corrected chi connectivity index (χ1v) is 6.70. The van der Waals surface area contributed by atoms with E-state index in [4.69, 9.17) is 0 Å². The van der Waals surface area contributed by atoms with Gasteiger partial charge in [-0.3, -0.25) is 4.79 Å². The lowest BCUT2D eigenvalue weighted by Crippen LogP contribution is -2.28. The van der Waals surface area contributed by atoms with Gasteiger partial charge in [0.1, 0.15) is 5.78 Å². The highest BCUT2D eigenvalue weighted by molar-refractivity contribution is 8.01. The second-order valence-corrected chi connectivity index (χ2v) is 6.49. The number of rotatable bonds is 5. The number of Topliss-reactive ketones (excluding diaryl/α,β-unsaturated/α-hetero) is 1. The summed E-state index contributed by atoms with van der Waals surface area (Å²) in [5, 5.41) is 0. The van der Waals surface area contributed by atoms with Crippen molar-refractivity contribution in [2.45, 2.75) is 57.6 Å². The summed E-state index contributed by atoms with van der Waals surface area (Å²) >= 11 is 1.86. The van der Waals surface area contributed by atoms with Crippen LogP contribution in [-0.2, 0) is 4.79 Å². The number of ketones is 1. The zero-order chi connectivity index (χ0) is 10.6. The van der Waals surface area contributed by atoms with Crippen LogP contribution in [0.25, 0.3) is 0 Å². The molecule has 1 aliphatic heterocycles. The molecule has 0 aromatic heterocycles. The Balaban J connectivity index is 2.27. The molecule has 0 saturated carbocycles. The Bertz CT molecular complexity index is 192. The molecule has 2 heteroatoms. The van der Waals surface area contributed by atoms with E-state index in [-0.39, 0.29) is 4.75 Å². The van der Waals surface area contributed by atoms with E-state index in [2.05, 4.69) is 20.8 Å². The summed E-state index contributed by atoms with van der Waals surface area (Å²) < 4.78 is -0.0308. The Hall–Kier alpha value is 0.0200. The lowest BCUT2D eigenvalue weighted by atomic mass is 9.95. The zero-order valence-electron chi connectivity index (χ0n) is 9.64. The first-order valence-electron chi connectivity index (χ1n) is 5.72. The predicted molar refractivity (Wildman–Crippen MR) is 63.8 cm³/mol. The Morgan fingerprint density at radius 3 is 2.71 bits per heavy atom. The fourth-order valence-corrected chi connectivity index (χ4v) is 3.23.